The molecule has 0 saturated heterocycles. The Morgan fingerprint density at radius 3 is 2.83 bits per heavy atom. The summed E-state index contributed by atoms with van der Waals surface area (Å²) in [6.45, 7) is 0.381. The van der Waals surface area contributed by atoms with Crippen molar-refractivity contribution in [2.75, 3.05) is 5.32 Å². The molecule has 0 saturated carbocycles. The van der Waals surface area contributed by atoms with E-state index < -0.39 is 0 Å². The molecule has 1 amide bonds. The minimum absolute atomic E-state index is 0.234. The van der Waals surface area contributed by atoms with Crippen molar-refractivity contribution in [2.24, 2.45) is 0 Å². The summed E-state index contributed by atoms with van der Waals surface area (Å²) in [5, 5.41) is 9.84. The molecule has 0 spiro atoms. The molecule has 0 bridgehead atoms. The maximum atomic E-state index is 12.2. The Balaban J connectivity index is 1.66. The SMILES string of the molecule is O=C(Nc1ccn[nH]1)c1cccc(OCc2cccc(Cl)c2)c1. The summed E-state index contributed by atoms with van der Waals surface area (Å²) >= 11 is 5.94. The first-order chi connectivity index (χ1) is 11.2. The van der Waals surface area contributed by atoms with E-state index in [2.05, 4.69) is 15.5 Å². The van der Waals surface area contributed by atoms with Crippen LogP contribution in [0.2, 0.25) is 5.02 Å². The van der Waals surface area contributed by atoms with Gasteiger partial charge in [-0.1, -0.05) is 29.8 Å². The molecule has 3 aromatic rings. The molecule has 0 aliphatic rings. The predicted octanol–water partition coefficient (Wildman–Crippen LogP) is 3.89. The summed E-state index contributed by atoms with van der Waals surface area (Å²) < 4.78 is 5.71. The zero-order valence-corrected chi connectivity index (χ0v) is 12.9. The molecule has 0 fully saturated rings. The number of rotatable bonds is 5. The first-order valence-electron chi connectivity index (χ1n) is 6.99. The van der Waals surface area contributed by atoms with Gasteiger partial charge in [0.1, 0.15) is 18.2 Å². The van der Waals surface area contributed by atoms with Crippen LogP contribution >= 0.6 is 11.6 Å². The number of aromatic nitrogens is 2. The van der Waals surface area contributed by atoms with Gasteiger partial charge in [0.2, 0.25) is 0 Å². The quantitative estimate of drug-likeness (QED) is 0.747. The van der Waals surface area contributed by atoms with Gasteiger partial charge in [-0.15, -0.1) is 0 Å². The number of nitrogens with one attached hydrogen (secondary N) is 2. The van der Waals surface area contributed by atoms with E-state index in [9.17, 15) is 4.79 Å². The minimum Gasteiger partial charge on any atom is -0.489 e. The average molecular weight is 328 g/mol. The molecule has 0 atom stereocenters. The summed E-state index contributed by atoms with van der Waals surface area (Å²) in [7, 11) is 0. The molecule has 1 heterocycles. The summed E-state index contributed by atoms with van der Waals surface area (Å²) in [6, 6.07) is 16.1. The van der Waals surface area contributed by atoms with Crippen molar-refractivity contribution in [1.29, 1.82) is 0 Å². The lowest BCUT2D eigenvalue weighted by Gasteiger charge is -2.08. The zero-order chi connectivity index (χ0) is 16.1. The van der Waals surface area contributed by atoms with Gasteiger partial charge in [0, 0.05) is 16.7 Å². The van der Waals surface area contributed by atoms with Crippen LogP contribution in [0.5, 0.6) is 5.75 Å². The molecule has 3 rings (SSSR count). The third-order valence-corrected chi connectivity index (χ3v) is 3.37. The molecule has 2 N–H and O–H groups in total. The van der Waals surface area contributed by atoms with Crippen LogP contribution in [0, 0.1) is 0 Å². The normalized spacial score (nSPS) is 10.3. The van der Waals surface area contributed by atoms with Gasteiger partial charge in [-0.05, 0) is 35.9 Å². The molecule has 0 radical (unpaired) electrons. The Labute approximate surface area is 138 Å². The maximum absolute atomic E-state index is 12.2. The number of carbonyl (C=O) groups excluding carboxylic acids is 1. The van der Waals surface area contributed by atoms with Gasteiger partial charge in [-0.2, -0.15) is 5.10 Å². The van der Waals surface area contributed by atoms with Crippen LogP contribution in [0.15, 0.2) is 60.8 Å². The third kappa shape index (κ3) is 4.11. The van der Waals surface area contributed by atoms with Crippen molar-refractivity contribution in [3.8, 4) is 5.75 Å². The molecule has 116 valence electrons. The van der Waals surface area contributed by atoms with Crippen LogP contribution in [0.3, 0.4) is 0 Å². The molecule has 0 unspecified atom stereocenters. The third-order valence-electron chi connectivity index (χ3n) is 3.14. The lowest BCUT2D eigenvalue weighted by Crippen LogP contribution is -2.12. The van der Waals surface area contributed by atoms with Crippen LogP contribution < -0.4 is 10.1 Å². The fourth-order valence-corrected chi connectivity index (χ4v) is 2.25. The van der Waals surface area contributed by atoms with Gasteiger partial charge in [0.25, 0.3) is 5.91 Å². The second-order valence-electron chi connectivity index (χ2n) is 4.87. The van der Waals surface area contributed by atoms with E-state index in [1.165, 1.54) is 0 Å². The average Bonchev–Trinajstić information content (AvgIpc) is 3.06. The largest absolute Gasteiger partial charge is 0.489 e. The van der Waals surface area contributed by atoms with Gasteiger partial charge in [-0.3, -0.25) is 9.89 Å². The Hall–Kier alpha value is -2.79. The summed E-state index contributed by atoms with van der Waals surface area (Å²) in [4.78, 5) is 12.2. The summed E-state index contributed by atoms with van der Waals surface area (Å²) in [5.41, 5.74) is 1.47. The molecular formula is C17H14ClN3O2. The van der Waals surface area contributed by atoms with E-state index in [1.807, 2.05) is 24.3 Å². The van der Waals surface area contributed by atoms with Crippen molar-refractivity contribution in [3.63, 3.8) is 0 Å². The van der Waals surface area contributed by atoms with Crippen LogP contribution in [0.1, 0.15) is 15.9 Å². The highest BCUT2D eigenvalue weighted by atomic mass is 35.5. The van der Waals surface area contributed by atoms with Gasteiger partial charge in [0.05, 0.1) is 6.20 Å². The van der Waals surface area contributed by atoms with Crippen LogP contribution in [-0.4, -0.2) is 16.1 Å². The first-order valence-corrected chi connectivity index (χ1v) is 7.36. The Morgan fingerprint density at radius 2 is 2.04 bits per heavy atom. The molecule has 0 aliphatic carbocycles. The molecule has 6 heteroatoms. The summed E-state index contributed by atoms with van der Waals surface area (Å²) in [5.74, 6) is 0.921. The standard InChI is InChI=1S/C17H14ClN3O2/c18-14-5-1-3-12(9-14)11-23-15-6-2-4-13(10-15)17(22)20-16-7-8-19-21-16/h1-10H,11H2,(H2,19,20,21,22). The maximum Gasteiger partial charge on any atom is 0.256 e. The molecule has 23 heavy (non-hydrogen) atoms. The van der Waals surface area contributed by atoms with Gasteiger partial charge < -0.3 is 10.1 Å². The molecule has 5 nitrogen and oxygen atoms in total. The minimum atomic E-state index is -0.234. The number of anilines is 1. The number of halogens is 1. The van der Waals surface area contributed by atoms with Crippen LogP contribution in [-0.2, 0) is 6.61 Å². The van der Waals surface area contributed by atoms with Crippen molar-refractivity contribution in [3.05, 3.63) is 76.9 Å². The molecule has 1 aromatic heterocycles. The summed E-state index contributed by atoms with van der Waals surface area (Å²) in [6.07, 6.45) is 1.57. The monoisotopic (exact) mass is 327 g/mol. The Kier molecular flexibility index (Phi) is 4.59. The number of hydrogen-bond acceptors (Lipinski definition) is 3. The fourth-order valence-electron chi connectivity index (χ4n) is 2.04. The number of amides is 1. The second-order valence-corrected chi connectivity index (χ2v) is 5.31. The Morgan fingerprint density at radius 1 is 1.17 bits per heavy atom. The zero-order valence-electron chi connectivity index (χ0n) is 12.1. The molecular weight excluding hydrogens is 314 g/mol. The number of H-pyrrole nitrogens is 1. The van der Waals surface area contributed by atoms with Gasteiger partial charge in [0.15, 0.2) is 0 Å². The van der Waals surface area contributed by atoms with E-state index in [0.717, 1.165) is 5.56 Å². The van der Waals surface area contributed by atoms with Crippen molar-refractivity contribution < 1.29 is 9.53 Å². The van der Waals surface area contributed by atoms with Crippen LogP contribution in [0.25, 0.3) is 0 Å². The predicted molar refractivity (Wildman–Crippen MR) is 88.8 cm³/mol. The van der Waals surface area contributed by atoms with E-state index in [0.29, 0.717) is 28.8 Å². The fraction of sp³-hybridized carbons (Fsp3) is 0.0588. The van der Waals surface area contributed by atoms with E-state index in [4.69, 9.17) is 16.3 Å². The lowest BCUT2D eigenvalue weighted by atomic mass is 10.2. The first kappa shape index (κ1) is 15.1. The van der Waals surface area contributed by atoms with E-state index >= 15 is 0 Å². The number of carbonyl (C=O) groups is 1. The highest BCUT2D eigenvalue weighted by molar-refractivity contribution is 6.30. The number of aromatic amines is 1. The number of benzene rings is 2. The van der Waals surface area contributed by atoms with Crippen molar-refractivity contribution in [1.82, 2.24) is 10.2 Å². The van der Waals surface area contributed by atoms with Crippen molar-refractivity contribution in [2.45, 2.75) is 6.61 Å². The van der Waals surface area contributed by atoms with Gasteiger partial charge >= 0.3 is 0 Å². The van der Waals surface area contributed by atoms with Crippen LogP contribution in [0.4, 0.5) is 5.82 Å². The van der Waals surface area contributed by atoms with Crippen molar-refractivity contribution >= 4 is 23.3 Å². The van der Waals surface area contributed by atoms with Gasteiger partial charge in [-0.25, -0.2) is 0 Å². The number of hydrogen-bond donors (Lipinski definition) is 2. The Bertz CT molecular complexity index is 803. The number of ether oxygens (including phenoxy) is 1. The molecule has 0 aliphatic heterocycles. The van der Waals surface area contributed by atoms with E-state index in [1.54, 1.807) is 36.5 Å². The highest BCUT2D eigenvalue weighted by Gasteiger charge is 2.08. The number of nitrogens with zero attached hydrogens (tertiary/aromatic N) is 1. The highest BCUT2D eigenvalue weighted by Crippen LogP contribution is 2.17. The second kappa shape index (κ2) is 6.98. The smallest absolute Gasteiger partial charge is 0.256 e. The molecule has 2 aromatic carbocycles. The van der Waals surface area contributed by atoms with E-state index in [-0.39, 0.29) is 5.91 Å². The lowest BCUT2D eigenvalue weighted by molar-refractivity contribution is 0.102. The topological polar surface area (TPSA) is 67.0 Å².